The highest BCUT2D eigenvalue weighted by atomic mass is 19.1. The summed E-state index contributed by atoms with van der Waals surface area (Å²) in [5.74, 6) is -3.25. The van der Waals surface area contributed by atoms with Gasteiger partial charge in [-0.25, -0.2) is 4.39 Å². The maximum absolute atomic E-state index is 13.8. The molecule has 1 spiro atoms. The molecule has 4 rings (SSSR count). The largest absolute Gasteiger partial charge is 0.481 e. The standard InChI is InChI=1S/C16H14FNO4/c17-10-4-2-1-3-9(10)7-18-8-16-6-5-11(22-16)12(15(20)21)13(16)14(18)19/h1-6,11-13H,7-8H2,(H,20,21)/t11-,12+,13+,16+/m0/s1. The zero-order chi connectivity index (χ0) is 15.5. The summed E-state index contributed by atoms with van der Waals surface area (Å²) in [5, 5.41) is 9.37. The highest BCUT2D eigenvalue weighted by Crippen LogP contribution is 2.52. The molecular weight excluding hydrogens is 289 g/mol. The molecule has 22 heavy (non-hydrogen) atoms. The van der Waals surface area contributed by atoms with Gasteiger partial charge >= 0.3 is 5.97 Å². The minimum absolute atomic E-state index is 0.123. The van der Waals surface area contributed by atoms with Crippen LogP contribution in [0.15, 0.2) is 36.4 Å². The number of hydrogen-bond acceptors (Lipinski definition) is 3. The molecular formula is C16H14FNO4. The fourth-order valence-electron chi connectivity index (χ4n) is 3.83. The lowest BCUT2D eigenvalue weighted by molar-refractivity contribution is -0.148. The smallest absolute Gasteiger partial charge is 0.310 e. The third-order valence-electron chi connectivity index (χ3n) is 4.78. The molecule has 6 heteroatoms. The number of hydrogen-bond donors (Lipinski definition) is 1. The van der Waals surface area contributed by atoms with Crippen molar-refractivity contribution in [1.29, 1.82) is 0 Å². The molecule has 2 bridgehead atoms. The molecule has 3 heterocycles. The summed E-state index contributed by atoms with van der Waals surface area (Å²) in [6, 6.07) is 6.26. The third kappa shape index (κ3) is 1.67. The van der Waals surface area contributed by atoms with E-state index in [4.69, 9.17) is 4.74 Å². The average molecular weight is 303 g/mol. The van der Waals surface area contributed by atoms with E-state index >= 15 is 0 Å². The Hall–Kier alpha value is -2.21. The van der Waals surface area contributed by atoms with Crippen molar-refractivity contribution >= 4 is 11.9 Å². The minimum atomic E-state index is -1.03. The summed E-state index contributed by atoms with van der Waals surface area (Å²) in [6.45, 7) is 0.388. The lowest BCUT2D eigenvalue weighted by Gasteiger charge is -2.21. The number of rotatable bonds is 3. The molecule has 1 aromatic carbocycles. The van der Waals surface area contributed by atoms with E-state index in [9.17, 15) is 19.1 Å². The van der Waals surface area contributed by atoms with E-state index in [1.165, 1.54) is 11.0 Å². The van der Waals surface area contributed by atoms with E-state index in [1.807, 2.05) is 0 Å². The molecule has 0 unspecified atom stereocenters. The number of carboxylic acid groups (broad SMARTS) is 1. The van der Waals surface area contributed by atoms with Crippen LogP contribution in [0.1, 0.15) is 5.56 Å². The van der Waals surface area contributed by atoms with Crippen LogP contribution >= 0.6 is 0 Å². The van der Waals surface area contributed by atoms with Crippen LogP contribution in [0.25, 0.3) is 0 Å². The number of carboxylic acids is 1. The Morgan fingerprint density at radius 2 is 2.23 bits per heavy atom. The first-order chi connectivity index (χ1) is 10.5. The van der Waals surface area contributed by atoms with Crippen LogP contribution in [0.3, 0.4) is 0 Å². The molecule has 0 saturated carbocycles. The molecule has 1 amide bonds. The molecule has 1 aromatic rings. The Bertz CT molecular complexity index is 703. The number of aliphatic carboxylic acids is 1. The van der Waals surface area contributed by atoms with Crippen molar-refractivity contribution in [3.05, 3.63) is 47.8 Å². The van der Waals surface area contributed by atoms with Gasteiger partial charge in [-0.2, -0.15) is 0 Å². The van der Waals surface area contributed by atoms with Crippen LogP contribution in [0.2, 0.25) is 0 Å². The molecule has 3 aliphatic heterocycles. The highest BCUT2D eigenvalue weighted by Gasteiger charge is 2.66. The zero-order valence-corrected chi connectivity index (χ0v) is 11.6. The second-order valence-electron chi connectivity index (χ2n) is 6.02. The lowest BCUT2D eigenvalue weighted by atomic mass is 9.77. The molecule has 0 aromatic heterocycles. The summed E-state index contributed by atoms with van der Waals surface area (Å²) in [4.78, 5) is 25.6. The number of nitrogens with zero attached hydrogens (tertiary/aromatic N) is 1. The predicted molar refractivity (Wildman–Crippen MR) is 73.2 cm³/mol. The van der Waals surface area contributed by atoms with Gasteiger partial charge in [0, 0.05) is 12.1 Å². The van der Waals surface area contributed by atoms with E-state index in [2.05, 4.69) is 0 Å². The second-order valence-corrected chi connectivity index (χ2v) is 6.02. The SMILES string of the molecule is O=C(O)[C@@H]1[C@@H]2C=C[C@]3(CN(Cc4ccccc4F)C(=O)[C@@H]13)O2. The summed E-state index contributed by atoms with van der Waals surface area (Å²) >= 11 is 0. The van der Waals surface area contributed by atoms with Gasteiger partial charge in [-0.3, -0.25) is 9.59 Å². The number of benzene rings is 1. The summed E-state index contributed by atoms with van der Waals surface area (Å²) < 4.78 is 19.6. The monoisotopic (exact) mass is 303 g/mol. The maximum Gasteiger partial charge on any atom is 0.310 e. The molecule has 0 radical (unpaired) electrons. The topological polar surface area (TPSA) is 66.8 Å². The first-order valence-electron chi connectivity index (χ1n) is 7.14. The lowest BCUT2D eigenvalue weighted by Crippen LogP contribution is -2.39. The summed E-state index contributed by atoms with van der Waals surface area (Å²) in [7, 11) is 0. The van der Waals surface area contributed by atoms with Gasteiger partial charge in [-0.15, -0.1) is 0 Å². The Kier molecular flexibility index (Phi) is 2.69. The van der Waals surface area contributed by atoms with E-state index in [0.29, 0.717) is 5.56 Å². The fraction of sp³-hybridized carbons (Fsp3) is 0.375. The van der Waals surface area contributed by atoms with Crippen molar-refractivity contribution in [3.63, 3.8) is 0 Å². The highest BCUT2D eigenvalue weighted by molar-refractivity contribution is 5.90. The van der Waals surface area contributed by atoms with Crippen molar-refractivity contribution in [2.45, 2.75) is 18.2 Å². The average Bonchev–Trinajstić information content (AvgIpc) is 3.10. The predicted octanol–water partition coefficient (Wildman–Crippen LogP) is 1.19. The van der Waals surface area contributed by atoms with Crippen molar-refractivity contribution in [2.24, 2.45) is 11.8 Å². The van der Waals surface area contributed by atoms with Gasteiger partial charge in [0.1, 0.15) is 17.3 Å². The van der Waals surface area contributed by atoms with Crippen LogP contribution in [0, 0.1) is 17.7 Å². The van der Waals surface area contributed by atoms with Gasteiger partial charge in [0.05, 0.1) is 18.6 Å². The number of carbonyl (C=O) groups is 2. The van der Waals surface area contributed by atoms with E-state index in [0.717, 1.165) is 0 Å². The van der Waals surface area contributed by atoms with Crippen LogP contribution in [-0.4, -0.2) is 40.1 Å². The number of amides is 1. The second kappa shape index (κ2) is 4.39. The van der Waals surface area contributed by atoms with Gasteiger partial charge in [-0.05, 0) is 6.07 Å². The minimum Gasteiger partial charge on any atom is -0.481 e. The van der Waals surface area contributed by atoms with Crippen LogP contribution in [-0.2, 0) is 20.9 Å². The number of carbonyl (C=O) groups excluding carboxylic acids is 1. The van der Waals surface area contributed by atoms with E-state index < -0.39 is 29.5 Å². The van der Waals surface area contributed by atoms with Gasteiger partial charge in [-0.1, -0.05) is 30.4 Å². The quantitative estimate of drug-likeness (QED) is 0.852. The Balaban J connectivity index is 1.64. The number of likely N-dealkylation sites (tertiary alicyclic amines) is 1. The first-order valence-corrected chi connectivity index (χ1v) is 7.14. The van der Waals surface area contributed by atoms with Crippen molar-refractivity contribution in [2.75, 3.05) is 6.54 Å². The van der Waals surface area contributed by atoms with Gasteiger partial charge in [0.15, 0.2) is 0 Å². The Morgan fingerprint density at radius 3 is 2.95 bits per heavy atom. The van der Waals surface area contributed by atoms with Crippen molar-refractivity contribution in [3.8, 4) is 0 Å². The number of fused-ring (bicyclic) bond motifs is 1. The first kappa shape index (κ1) is 13.5. The molecule has 2 saturated heterocycles. The molecule has 5 nitrogen and oxygen atoms in total. The molecule has 3 aliphatic rings. The molecule has 114 valence electrons. The summed E-state index contributed by atoms with van der Waals surface area (Å²) in [6.07, 6.45) is 2.97. The van der Waals surface area contributed by atoms with Crippen molar-refractivity contribution in [1.82, 2.24) is 4.90 Å². The fourth-order valence-corrected chi connectivity index (χ4v) is 3.83. The van der Waals surface area contributed by atoms with E-state index in [-0.39, 0.29) is 24.8 Å². The number of halogens is 1. The van der Waals surface area contributed by atoms with Gasteiger partial charge in [0.2, 0.25) is 5.91 Å². The summed E-state index contributed by atoms with van der Waals surface area (Å²) in [5.41, 5.74) is -0.451. The molecule has 0 aliphatic carbocycles. The molecule has 1 N–H and O–H groups in total. The van der Waals surface area contributed by atoms with Crippen LogP contribution in [0.5, 0.6) is 0 Å². The van der Waals surface area contributed by atoms with Crippen molar-refractivity contribution < 1.29 is 23.8 Å². The molecule has 4 atom stereocenters. The van der Waals surface area contributed by atoms with Gasteiger partial charge in [0.25, 0.3) is 0 Å². The van der Waals surface area contributed by atoms with Crippen LogP contribution < -0.4 is 0 Å². The Morgan fingerprint density at radius 1 is 1.45 bits per heavy atom. The van der Waals surface area contributed by atoms with E-state index in [1.54, 1.807) is 30.4 Å². The van der Waals surface area contributed by atoms with Crippen LogP contribution in [0.4, 0.5) is 4.39 Å². The normalized spacial score (nSPS) is 35.2. The maximum atomic E-state index is 13.8. The number of ether oxygens (including phenoxy) is 1. The molecule has 2 fully saturated rings. The zero-order valence-electron chi connectivity index (χ0n) is 11.6. The third-order valence-corrected chi connectivity index (χ3v) is 4.78. The Labute approximate surface area is 126 Å². The van der Waals surface area contributed by atoms with Gasteiger partial charge < -0.3 is 14.7 Å².